The molecule has 0 atom stereocenters. The monoisotopic (exact) mass is 489 g/mol. The minimum Gasteiger partial charge on any atom is -0.361 e. The van der Waals surface area contributed by atoms with Gasteiger partial charge in [-0.25, -0.2) is 9.97 Å². The van der Waals surface area contributed by atoms with Crippen LogP contribution in [0.2, 0.25) is 25.7 Å². The van der Waals surface area contributed by atoms with Gasteiger partial charge in [0.1, 0.15) is 12.4 Å². The Labute approximate surface area is 175 Å². The van der Waals surface area contributed by atoms with E-state index in [0.717, 1.165) is 12.2 Å². The van der Waals surface area contributed by atoms with Gasteiger partial charge in [-0.1, -0.05) is 19.6 Å². The molecule has 4 nitrogen and oxygen atoms in total. The van der Waals surface area contributed by atoms with E-state index in [4.69, 9.17) is 4.74 Å². The first-order chi connectivity index (χ1) is 13.5. The summed E-state index contributed by atoms with van der Waals surface area (Å²) in [6, 6.07) is 3.79. The van der Waals surface area contributed by atoms with Crippen molar-refractivity contribution >= 4 is 35.0 Å². The quantitative estimate of drug-likeness (QED) is 0.176. The van der Waals surface area contributed by atoms with E-state index in [2.05, 4.69) is 45.5 Å². The largest absolute Gasteiger partial charge is 0.418 e. The molecule has 3 aromatic heterocycles. The Hall–Kier alpha value is -1.78. The third kappa shape index (κ3) is 4.87. The lowest BCUT2D eigenvalue weighted by molar-refractivity contribution is -0.136. The molecule has 0 aliphatic rings. The van der Waals surface area contributed by atoms with E-state index < -0.39 is 25.8 Å². The molecule has 0 saturated heterocycles. The maximum atomic E-state index is 14.3. The Morgan fingerprint density at radius 1 is 1.17 bits per heavy atom. The van der Waals surface area contributed by atoms with E-state index in [1.807, 2.05) is 0 Å². The number of rotatable bonds is 6. The van der Waals surface area contributed by atoms with Crippen molar-refractivity contribution in [1.29, 1.82) is 0 Å². The molecule has 3 rings (SSSR count). The van der Waals surface area contributed by atoms with Crippen LogP contribution < -0.4 is 0 Å². The topological polar surface area (TPSA) is 39.9 Å². The number of ether oxygens (including phenoxy) is 1. The van der Waals surface area contributed by atoms with Gasteiger partial charge >= 0.3 is 6.18 Å². The Balaban J connectivity index is 2.13. The van der Waals surface area contributed by atoms with Crippen molar-refractivity contribution in [2.24, 2.45) is 0 Å². The molecule has 0 aliphatic heterocycles. The van der Waals surface area contributed by atoms with E-state index in [0.29, 0.717) is 6.61 Å². The molecule has 0 bridgehead atoms. The Morgan fingerprint density at radius 3 is 2.52 bits per heavy atom. The summed E-state index contributed by atoms with van der Waals surface area (Å²) >= 11 is 2.95. The fourth-order valence-electron chi connectivity index (χ4n) is 2.94. The summed E-state index contributed by atoms with van der Waals surface area (Å²) in [5.74, 6) is -0.848. The third-order valence-corrected chi connectivity index (χ3v) is 6.70. The van der Waals surface area contributed by atoms with Gasteiger partial charge in [0, 0.05) is 54.3 Å². The molecule has 0 radical (unpaired) electrons. The van der Waals surface area contributed by atoms with Crippen LogP contribution in [0.15, 0.2) is 35.2 Å². The zero-order valence-corrected chi connectivity index (χ0v) is 18.7. The molecular formula is C19H20BrF4N3OSi. The van der Waals surface area contributed by atoms with Gasteiger partial charge in [-0.3, -0.25) is 0 Å². The lowest BCUT2D eigenvalue weighted by Crippen LogP contribution is -2.22. The van der Waals surface area contributed by atoms with Gasteiger partial charge < -0.3 is 9.30 Å². The van der Waals surface area contributed by atoms with Crippen molar-refractivity contribution in [3.8, 4) is 11.1 Å². The minimum atomic E-state index is -4.65. The molecule has 0 amide bonds. The number of hydrogen-bond acceptors (Lipinski definition) is 3. The first-order valence-corrected chi connectivity index (χ1v) is 13.4. The van der Waals surface area contributed by atoms with Crippen molar-refractivity contribution in [1.82, 2.24) is 14.5 Å². The first-order valence-electron chi connectivity index (χ1n) is 8.92. The number of pyridine rings is 2. The second kappa shape index (κ2) is 8.15. The predicted molar refractivity (Wildman–Crippen MR) is 110 cm³/mol. The van der Waals surface area contributed by atoms with Crippen molar-refractivity contribution in [3.63, 3.8) is 0 Å². The second-order valence-electron chi connectivity index (χ2n) is 7.88. The highest BCUT2D eigenvalue weighted by Crippen LogP contribution is 2.43. The van der Waals surface area contributed by atoms with Gasteiger partial charge in [0.2, 0.25) is 5.95 Å². The van der Waals surface area contributed by atoms with Gasteiger partial charge in [-0.05, 0) is 34.1 Å². The SMILES string of the molecule is C[Si](C)(C)CCOCn1cc(-c2cccnc2F)c2c(C(F)(F)F)c(Br)cnc21. The normalized spacial score (nSPS) is 12.7. The molecule has 29 heavy (non-hydrogen) atoms. The van der Waals surface area contributed by atoms with Crippen LogP contribution in [0.4, 0.5) is 17.6 Å². The average molecular weight is 490 g/mol. The minimum absolute atomic E-state index is 0.0226. The lowest BCUT2D eigenvalue weighted by atomic mass is 10.0. The maximum absolute atomic E-state index is 14.3. The number of nitrogens with zero attached hydrogens (tertiary/aromatic N) is 3. The van der Waals surface area contributed by atoms with Gasteiger partial charge in [-0.2, -0.15) is 17.6 Å². The molecular weight excluding hydrogens is 470 g/mol. The highest BCUT2D eigenvalue weighted by atomic mass is 79.9. The number of alkyl halides is 3. The van der Waals surface area contributed by atoms with E-state index in [-0.39, 0.29) is 33.4 Å². The molecule has 0 spiro atoms. The van der Waals surface area contributed by atoms with Crippen molar-refractivity contribution in [3.05, 3.63) is 46.7 Å². The zero-order chi connectivity index (χ0) is 21.4. The van der Waals surface area contributed by atoms with E-state index in [1.54, 1.807) is 0 Å². The van der Waals surface area contributed by atoms with Crippen LogP contribution in [0.1, 0.15) is 5.56 Å². The molecule has 0 saturated carbocycles. The molecule has 10 heteroatoms. The number of halogens is 5. The standard InChI is InChI=1S/C19H20BrF4N3OSi/c1-29(2,3)8-7-28-11-27-10-13(12-5-4-6-25-17(12)21)15-16(19(22,23)24)14(20)9-26-18(15)27/h4-6,9-10H,7-8,11H2,1-3H3. The Kier molecular flexibility index (Phi) is 6.16. The van der Waals surface area contributed by atoms with Crippen molar-refractivity contribution in [2.45, 2.75) is 38.6 Å². The van der Waals surface area contributed by atoms with Crippen molar-refractivity contribution in [2.75, 3.05) is 6.61 Å². The summed E-state index contributed by atoms with van der Waals surface area (Å²) < 4.78 is 62.7. The van der Waals surface area contributed by atoms with Gasteiger partial charge in [0.05, 0.1) is 5.56 Å². The summed E-state index contributed by atoms with van der Waals surface area (Å²) in [4.78, 5) is 7.73. The summed E-state index contributed by atoms with van der Waals surface area (Å²) in [6.07, 6.45) is -0.865. The average Bonchev–Trinajstić information content (AvgIpc) is 2.95. The van der Waals surface area contributed by atoms with Gasteiger partial charge in [-0.15, -0.1) is 0 Å². The smallest absolute Gasteiger partial charge is 0.361 e. The molecule has 0 aliphatic carbocycles. The fourth-order valence-corrected chi connectivity index (χ4v) is 4.22. The predicted octanol–water partition coefficient (Wildman–Crippen LogP) is 6.33. The fraction of sp³-hybridized carbons (Fsp3) is 0.368. The molecule has 0 N–H and O–H groups in total. The van der Waals surface area contributed by atoms with Crippen LogP contribution in [0.5, 0.6) is 0 Å². The highest BCUT2D eigenvalue weighted by Gasteiger charge is 2.37. The van der Waals surface area contributed by atoms with Crippen LogP contribution in [0, 0.1) is 5.95 Å². The highest BCUT2D eigenvalue weighted by molar-refractivity contribution is 9.10. The van der Waals surface area contributed by atoms with Crippen LogP contribution in [-0.2, 0) is 17.6 Å². The number of hydrogen-bond donors (Lipinski definition) is 0. The van der Waals surface area contributed by atoms with Crippen LogP contribution in [0.3, 0.4) is 0 Å². The molecule has 0 aromatic carbocycles. The third-order valence-electron chi connectivity index (χ3n) is 4.40. The lowest BCUT2D eigenvalue weighted by Gasteiger charge is -2.16. The van der Waals surface area contributed by atoms with Crippen LogP contribution in [0.25, 0.3) is 22.2 Å². The summed E-state index contributed by atoms with van der Waals surface area (Å²) in [5.41, 5.74) is -0.780. The maximum Gasteiger partial charge on any atom is 0.418 e. The number of aromatic nitrogens is 3. The molecule has 0 unspecified atom stereocenters. The summed E-state index contributed by atoms with van der Waals surface area (Å²) in [7, 11) is -1.31. The Bertz CT molecular complexity index is 1030. The van der Waals surface area contributed by atoms with Crippen LogP contribution in [-0.4, -0.2) is 29.2 Å². The summed E-state index contributed by atoms with van der Waals surface area (Å²) in [5, 5.41) is -0.187. The zero-order valence-electron chi connectivity index (χ0n) is 16.1. The Morgan fingerprint density at radius 2 is 1.90 bits per heavy atom. The molecule has 3 heterocycles. The number of fused-ring (bicyclic) bond motifs is 1. The van der Waals surface area contributed by atoms with Gasteiger partial charge in [0.15, 0.2) is 0 Å². The molecule has 0 fully saturated rings. The van der Waals surface area contributed by atoms with Crippen LogP contribution >= 0.6 is 15.9 Å². The molecule has 156 valence electrons. The second-order valence-corrected chi connectivity index (χ2v) is 14.4. The van der Waals surface area contributed by atoms with E-state index in [9.17, 15) is 17.6 Å². The van der Waals surface area contributed by atoms with Crippen molar-refractivity contribution < 1.29 is 22.3 Å². The van der Waals surface area contributed by atoms with E-state index in [1.165, 1.54) is 29.1 Å². The molecule has 3 aromatic rings. The summed E-state index contributed by atoms with van der Waals surface area (Å²) in [6.45, 7) is 7.14. The van der Waals surface area contributed by atoms with E-state index >= 15 is 0 Å². The van der Waals surface area contributed by atoms with Gasteiger partial charge in [0.25, 0.3) is 0 Å². The first kappa shape index (κ1) is 21.9.